The number of hydrogen-bond donors (Lipinski definition) is 2. The highest BCUT2D eigenvalue weighted by atomic mass is 19.1. The fourth-order valence-corrected chi connectivity index (χ4v) is 1.88. The largest absolute Gasteiger partial charge is 0.395 e. The number of nitrogens with zero attached hydrogens (tertiary/aromatic N) is 1. The van der Waals surface area contributed by atoms with Crippen molar-refractivity contribution in [2.75, 3.05) is 25.0 Å². The number of amides is 1. The Morgan fingerprint density at radius 2 is 2.21 bits per heavy atom. The van der Waals surface area contributed by atoms with Crippen LogP contribution in [0.3, 0.4) is 0 Å². The van der Waals surface area contributed by atoms with Gasteiger partial charge in [-0.25, -0.2) is 4.39 Å². The Labute approximate surface area is 113 Å². The van der Waals surface area contributed by atoms with Crippen LogP contribution in [0.5, 0.6) is 0 Å². The molecule has 0 saturated heterocycles. The first-order valence-corrected chi connectivity index (χ1v) is 6.41. The van der Waals surface area contributed by atoms with E-state index in [0.29, 0.717) is 13.1 Å². The number of likely N-dealkylation sites (N-methyl/N-ethyl adjacent to an activating group) is 1. The van der Waals surface area contributed by atoms with Gasteiger partial charge in [-0.15, -0.1) is 0 Å². The molecule has 1 amide bonds. The van der Waals surface area contributed by atoms with Crippen LogP contribution in [-0.4, -0.2) is 41.7 Å². The number of aliphatic hydroxyl groups excluding tert-OH is 1. The molecule has 0 fully saturated rings. The number of carbonyl (C=O) groups excluding carboxylic acids is 1. The second kappa shape index (κ2) is 7.21. The zero-order chi connectivity index (χ0) is 14.4. The number of hydrogen-bond acceptors (Lipinski definition) is 3. The smallest absolute Gasteiger partial charge is 0.241 e. The molecule has 0 radical (unpaired) electrons. The van der Waals surface area contributed by atoms with Crippen LogP contribution in [-0.2, 0) is 4.79 Å². The molecule has 4 nitrogen and oxygen atoms in total. The van der Waals surface area contributed by atoms with E-state index in [4.69, 9.17) is 5.11 Å². The fraction of sp³-hybridized carbons (Fsp3) is 0.500. The lowest BCUT2D eigenvalue weighted by atomic mass is 10.2. The maximum atomic E-state index is 13.6. The van der Waals surface area contributed by atoms with Gasteiger partial charge in [0.25, 0.3) is 0 Å². The Balaban J connectivity index is 2.72. The van der Waals surface area contributed by atoms with Crippen LogP contribution in [0.2, 0.25) is 0 Å². The van der Waals surface area contributed by atoms with Crippen molar-refractivity contribution in [3.63, 3.8) is 0 Å². The Morgan fingerprint density at radius 1 is 1.53 bits per heavy atom. The molecule has 5 heteroatoms. The highest BCUT2D eigenvalue weighted by Gasteiger charge is 2.20. The fourth-order valence-electron chi connectivity index (χ4n) is 1.88. The third-order valence-corrected chi connectivity index (χ3v) is 3.10. The Kier molecular flexibility index (Phi) is 5.92. The number of halogens is 1. The molecule has 1 aromatic carbocycles. The molecule has 0 aliphatic carbocycles. The van der Waals surface area contributed by atoms with Gasteiger partial charge in [0.15, 0.2) is 0 Å². The molecule has 1 aromatic rings. The summed E-state index contributed by atoms with van der Waals surface area (Å²) in [7, 11) is 0. The number of aryl methyl sites for hydroxylation is 1. The summed E-state index contributed by atoms with van der Waals surface area (Å²) in [4.78, 5) is 13.8. The summed E-state index contributed by atoms with van der Waals surface area (Å²) < 4.78 is 13.6. The van der Waals surface area contributed by atoms with Gasteiger partial charge in [-0.2, -0.15) is 0 Å². The molecule has 0 aromatic heterocycles. The number of carbonyl (C=O) groups is 1. The topological polar surface area (TPSA) is 52.6 Å². The third kappa shape index (κ3) is 4.29. The molecule has 0 heterocycles. The Morgan fingerprint density at radius 3 is 2.74 bits per heavy atom. The lowest BCUT2D eigenvalue weighted by molar-refractivity contribution is -0.120. The molecule has 1 rings (SSSR count). The van der Waals surface area contributed by atoms with Gasteiger partial charge in [0, 0.05) is 6.54 Å². The van der Waals surface area contributed by atoms with Crippen LogP contribution in [0.25, 0.3) is 0 Å². The minimum atomic E-state index is -0.439. The number of anilines is 1. The second-order valence-corrected chi connectivity index (χ2v) is 4.50. The quantitative estimate of drug-likeness (QED) is 0.827. The summed E-state index contributed by atoms with van der Waals surface area (Å²) in [5.74, 6) is -0.719. The van der Waals surface area contributed by atoms with Crippen LogP contribution in [0, 0.1) is 12.7 Å². The lowest BCUT2D eigenvalue weighted by Gasteiger charge is -2.26. The molecule has 19 heavy (non-hydrogen) atoms. The van der Waals surface area contributed by atoms with E-state index in [1.165, 1.54) is 6.07 Å². The molecule has 0 spiro atoms. The van der Waals surface area contributed by atoms with Crippen molar-refractivity contribution in [3.8, 4) is 0 Å². The summed E-state index contributed by atoms with van der Waals surface area (Å²) in [5.41, 5.74) is 0.988. The highest BCUT2D eigenvalue weighted by Crippen LogP contribution is 2.16. The van der Waals surface area contributed by atoms with Crippen LogP contribution >= 0.6 is 0 Å². The maximum Gasteiger partial charge on any atom is 0.241 e. The van der Waals surface area contributed by atoms with Gasteiger partial charge in [-0.3, -0.25) is 9.69 Å². The summed E-state index contributed by atoms with van der Waals surface area (Å²) in [5, 5.41) is 11.5. The monoisotopic (exact) mass is 268 g/mol. The van der Waals surface area contributed by atoms with Crippen molar-refractivity contribution in [1.29, 1.82) is 0 Å². The summed E-state index contributed by atoms with van der Waals surface area (Å²) >= 11 is 0. The van der Waals surface area contributed by atoms with E-state index in [9.17, 15) is 9.18 Å². The normalized spacial score (nSPS) is 12.5. The van der Waals surface area contributed by atoms with Gasteiger partial charge in [0.1, 0.15) is 5.82 Å². The van der Waals surface area contributed by atoms with Crippen molar-refractivity contribution in [3.05, 3.63) is 29.6 Å². The van der Waals surface area contributed by atoms with E-state index in [0.717, 1.165) is 5.56 Å². The lowest BCUT2D eigenvalue weighted by Crippen LogP contribution is -2.43. The van der Waals surface area contributed by atoms with Crippen molar-refractivity contribution in [1.82, 2.24) is 4.90 Å². The van der Waals surface area contributed by atoms with E-state index in [1.54, 1.807) is 26.0 Å². The van der Waals surface area contributed by atoms with Crippen LogP contribution in [0.4, 0.5) is 10.1 Å². The maximum absolute atomic E-state index is 13.6. The van der Waals surface area contributed by atoms with E-state index in [2.05, 4.69) is 5.32 Å². The van der Waals surface area contributed by atoms with Crippen molar-refractivity contribution < 1.29 is 14.3 Å². The summed E-state index contributed by atoms with van der Waals surface area (Å²) in [6.45, 7) is 6.49. The Bertz CT molecular complexity index is 437. The van der Waals surface area contributed by atoms with Crippen LogP contribution in [0.1, 0.15) is 19.4 Å². The standard InChI is InChI=1S/C14H21FN2O2/c1-4-17(7-8-18)11(3)14(19)16-13-6-5-10(2)9-12(13)15/h5-6,9,11,18H,4,7-8H2,1-3H3,(H,16,19). The number of aliphatic hydroxyl groups is 1. The van der Waals surface area contributed by atoms with E-state index >= 15 is 0 Å². The van der Waals surface area contributed by atoms with Gasteiger partial charge in [0.2, 0.25) is 5.91 Å². The van der Waals surface area contributed by atoms with Gasteiger partial charge < -0.3 is 10.4 Å². The van der Waals surface area contributed by atoms with E-state index in [1.807, 2.05) is 11.8 Å². The van der Waals surface area contributed by atoms with Crippen LogP contribution in [0.15, 0.2) is 18.2 Å². The van der Waals surface area contributed by atoms with Crippen LogP contribution < -0.4 is 5.32 Å². The van der Waals surface area contributed by atoms with Gasteiger partial charge in [-0.05, 0) is 38.1 Å². The van der Waals surface area contributed by atoms with E-state index < -0.39 is 11.9 Å². The average Bonchev–Trinajstić information content (AvgIpc) is 2.38. The molecule has 1 unspecified atom stereocenters. The average molecular weight is 268 g/mol. The molecule has 2 N–H and O–H groups in total. The van der Waals surface area contributed by atoms with Gasteiger partial charge >= 0.3 is 0 Å². The molecule has 0 bridgehead atoms. The Hall–Kier alpha value is -1.46. The van der Waals surface area contributed by atoms with Crippen molar-refractivity contribution in [2.45, 2.75) is 26.8 Å². The first kappa shape index (κ1) is 15.6. The van der Waals surface area contributed by atoms with Gasteiger partial charge in [-0.1, -0.05) is 13.0 Å². The van der Waals surface area contributed by atoms with Gasteiger partial charge in [0.05, 0.1) is 18.3 Å². The first-order valence-electron chi connectivity index (χ1n) is 6.41. The zero-order valence-electron chi connectivity index (χ0n) is 11.6. The molecule has 0 saturated carbocycles. The summed E-state index contributed by atoms with van der Waals surface area (Å²) in [6, 6.07) is 4.26. The molecular weight excluding hydrogens is 247 g/mol. The number of nitrogens with one attached hydrogen (secondary N) is 1. The minimum absolute atomic E-state index is 0.00957. The number of benzene rings is 1. The number of rotatable bonds is 6. The summed E-state index contributed by atoms with van der Waals surface area (Å²) in [6.07, 6.45) is 0. The van der Waals surface area contributed by atoms with Crippen molar-refractivity contribution >= 4 is 11.6 Å². The van der Waals surface area contributed by atoms with E-state index in [-0.39, 0.29) is 18.2 Å². The highest BCUT2D eigenvalue weighted by molar-refractivity contribution is 5.94. The molecule has 0 aliphatic rings. The molecule has 1 atom stereocenters. The predicted molar refractivity (Wildman–Crippen MR) is 73.6 cm³/mol. The molecule has 106 valence electrons. The minimum Gasteiger partial charge on any atom is -0.395 e. The van der Waals surface area contributed by atoms with Crippen molar-refractivity contribution in [2.24, 2.45) is 0 Å². The molecule has 0 aliphatic heterocycles. The third-order valence-electron chi connectivity index (χ3n) is 3.10. The zero-order valence-corrected chi connectivity index (χ0v) is 11.6. The predicted octanol–water partition coefficient (Wildman–Crippen LogP) is 1.78. The molecular formula is C14H21FN2O2. The first-order chi connectivity index (χ1) is 8.99. The second-order valence-electron chi connectivity index (χ2n) is 4.50. The SMILES string of the molecule is CCN(CCO)C(C)C(=O)Nc1ccc(C)cc1F.